The smallest absolute Gasteiger partial charge is 0.243 e. The molecule has 0 radical (unpaired) electrons. The van der Waals surface area contributed by atoms with Gasteiger partial charge >= 0.3 is 0 Å². The van der Waals surface area contributed by atoms with E-state index in [9.17, 15) is 8.42 Å². The summed E-state index contributed by atoms with van der Waals surface area (Å²) in [4.78, 5) is 7.28. The Morgan fingerprint density at radius 1 is 1.20 bits per heavy atom. The number of aliphatic imine (C=N–C) groups is 1. The molecule has 1 saturated heterocycles. The summed E-state index contributed by atoms with van der Waals surface area (Å²) in [5, 5.41) is 9.81. The summed E-state index contributed by atoms with van der Waals surface area (Å²) < 4.78 is 33.9. The number of nitrogens with one attached hydrogen (secondary N) is 1. The fourth-order valence-corrected chi connectivity index (χ4v) is 5.60. The van der Waals surface area contributed by atoms with Crippen molar-refractivity contribution in [1.29, 1.82) is 0 Å². The number of benzene rings is 1. The van der Waals surface area contributed by atoms with Crippen LogP contribution in [0.25, 0.3) is 0 Å². The fraction of sp³-hybridized carbons (Fsp3) is 0.600. The molecule has 0 bridgehead atoms. The molecule has 9 nitrogen and oxygen atoms in total. The molecule has 10 heteroatoms. The third-order valence-electron chi connectivity index (χ3n) is 5.94. The number of piperazine rings is 1. The molecule has 0 spiro atoms. The number of hydrazone groups is 1. The fourth-order valence-electron chi connectivity index (χ4n) is 4.15. The highest BCUT2D eigenvalue weighted by Gasteiger charge is 2.37. The van der Waals surface area contributed by atoms with E-state index in [-0.39, 0.29) is 17.0 Å². The molecule has 3 aliphatic rings. The summed E-state index contributed by atoms with van der Waals surface area (Å²) in [5.41, 5.74) is 1.63. The van der Waals surface area contributed by atoms with E-state index in [1.54, 1.807) is 22.5 Å². The molecule has 3 heterocycles. The van der Waals surface area contributed by atoms with Crippen molar-refractivity contribution in [2.24, 2.45) is 10.1 Å². The van der Waals surface area contributed by atoms with Crippen LogP contribution in [0.1, 0.15) is 19.4 Å². The van der Waals surface area contributed by atoms with Crippen molar-refractivity contribution in [3.05, 3.63) is 23.8 Å². The lowest BCUT2D eigenvalue weighted by Crippen LogP contribution is -2.49. The summed E-state index contributed by atoms with van der Waals surface area (Å²) in [6, 6.07) is 5.18. The number of nitrogens with zero attached hydrogens (tertiary/aromatic N) is 5. The molecule has 0 saturated carbocycles. The first kappa shape index (κ1) is 21.1. The van der Waals surface area contributed by atoms with E-state index >= 15 is 0 Å². The van der Waals surface area contributed by atoms with Gasteiger partial charge < -0.3 is 15.0 Å². The van der Waals surface area contributed by atoms with Gasteiger partial charge in [-0.05, 0) is 39.1 Å². The first-order valence-electron chi connectivity index (χ1n) is 10.4. The van der Waals surface area contributed by atoms with Crippen LogP contribution in [0, 0.1) is 0 Å². The average Bonchev–Trinajstić information content (AvgIpc) is 3.02. The van der Waals surface area contributed by atoms with Crippen molar-refractivity contribution in [1.82, 2.24) is 19.5 Å². The van der Waals surface area contributed by atoms with E-state index in [0.29, 0.717) is 43.4 Å². The third kappa shape index (κ3) is 3.79. The number of fused-ring (bicyclic) bond motifs is 1. The molecule has 2 unspecified atom stereocenters. The van der Waals surface area contributed by atoms with Crippen LogP contribution in [-0.4, -0.2) is 99.7 Å². The van der Waals surface area contributed by atoms with Crippen LogP contribution in [-0.2, 0) is 10.0 Å². The Morgan fingerprint density at radius 3 is 2.63 bits per heavy atom. The Balaban J connectivity index is 1.70. The molecule has 2 atom stereocenters. The molecule has 4 rings (SSSR count). The summed E-state index contributed by atoms with van der Waals surface area (Å²) in [7, 11) is 0.375. The predicted octanol–water partition coefficient (Wildman–Crippen LogP) is 0.430. The molecule has 3 aliphatic heterocycles. The zero-order valence-corrected chi connectivity index (χ0v) is 18.8. The Morgan fingerprint density at radius 2 is 1.93 bits per heavy atom. The van der Waals surface area contributed by atoms with Crippen molar-refractivity contribution < 1.29 is 13.2 Å². The van der Waals surface area contributed by atoms with Crippen molar-refractivity contribution in [2.75, 3.05) is 53.4 Å². The molecule has 1 aromatic carbocycles. The summed E-state index contributed by atoms with van der Waals surface area (Å²) >= 11 is 0. The lowest BCUT2D eigenvalue weighted by Gasteiger charge is -2.32. The van der Waals surface area contributed by atoms with Gasteiger partial charge in [-0.3, -0.25) is 10.0 Å². The Labute approximate surface area is 178 Å². The molecule has 164 valence electrons. The molecular weight excluding hydrogens is 404 g/mol. The maximum absolute atomic E-state index is 13.3. The normalized spacial score (nSPS) is 25.4. The zero-order chi connectivity index (χ0) is 21.5. The molecule has 0 aromatic heterocycles. The van der Waals surface area contributed by atoms with Crippen LogP contribution < -0.4 is 10.1 Å². The van der Waals surface area contributed by atoms with Crippen molar-refractivity contribution in [3.63, 3.8) is 0 Å². The lowest BCUT2D eigenvalue weighted by atomic mass is 10.0. The van der Waals surface area contributed by atoms with Crippen molar-refractivity contribution in [2.45, 2.75) is 30.8 Å². The van der Waals surface area contributed by atoms with Crippen LogP contribution in [0.5, 0.6) is 5.75 Å². The largest absolute Gasteiger partial charge is 0.493 e. The van der Waals surface area contributed by atoms with Gasteiger partial charge in [0.1, 0.15) is 17.6 Å². The molecule has 0 amide bonds. The van der Waals surface area contributed by atoms with E-state index in [2.05, 4.69) is 15.3 Å². The molecule has 1 fully saturated rings. The van der Waals surface area contributed by atoms with Gasteiger partial charge in [-0.25, -0.2) is 8.42 Å². The van der Waals surface area contributed by atoms with Gasteiger partial charge in [0.05, 0.1) is 28.8 Å². The number of sulfonamides is 1. The number of ether oxygens (including phenoxy) is 1. The minimum atomic E-state index is -3.58. The molecule has 0 aliphatic carbocycles. The minimum absolute atomic E-state index is 0.0429. The second kappa shape index (κ2) is 8.16. The van der Waals surface area contributed by atoms with Crippen molar-refractivity contribution in [3.8, 4) is 5.75 Å². The SMILES string of the molecule is CCOc1ccc(S(=O)(=O)N2CCN(C)CC2)cc1C1=NC2C(C)=NN(C)C2CN1. The Hall–Kier alpha value is -2.17. The summed E-state index contributed by atoms with van der Waals surface area (Å²) in [5.74, 6) is 1.28. The second-order valence-corrected chi connectivity index (χ2v) is 9.92. The van der Waals surface area contributed by atoms with Crippen LogP contribution in [0.15, 0.2) is 33.2 Å². The first-order chi connectivity index (χ1) is 14.3. The molecule has 30 heavy (non-hydrogen) atoms. The van der Waals surface area contributed by atoms with E-state index in [1.165, 1.54) is 0 Å². The van der Waals surface area contributed by atoms with Gasteiger partial charge in [0.25, 0.3) is 0 Å². The molecule has 1 aromatic rings. The van der Waals surface area contributed by atoms with Gasteiger partial charge in [0, 0.05) is 39.8 Å². The van der Waals surface area contributed by atoms with Crippen molar-refractivity contribution >= 4 is 21.6 Å². The van der Waals surface area contributed by atoms with Crippen LogP contribution in [0.2, 0.25) is 0 Å². The maximum atomic E-state index is 13.3. The highest BCUT2D eigenvalue weighted by molar-refractivity contribution is 7.89. The minimum Gasteiger partial charge on any atom is -0.493 e. The number of amidine groups is 1. The lowest BCUT2D eigenvalue weighted by molar-refractivity contribution is 0.222. The topological polar surface area (TPSA) is 89.8 Å². The standard InChI is InChI=1S/C20H30N6O3S/c1-5-29-18-7-6-15(30(27,28)26-10-8-24(3)9-11-26)12-16(18)20-21-13-17-19(22-20)14(2)23-25(17)4/h6-7,12,17,19H,5,8-11,13H2,1-4H3,(H,21,22). The van der Waals surface area contributed by atoms with Gasteiger partial charge in [-0.1, -0.05) is 0 Å². The van der Waals surface area contributed by atoms with E-state index in [1.807, 2.05) is 33.0 Å². The van der Waals surface area contributed by atoms with E-state index in [0.717, 1.165) is 18.8 Å². The summed E-state index contributed by atoms with van der Waals surface area (Å²) in [6.45, 7) is 7.50. The number of likely N-dealkylation sites (N-methyl/N-ethyl adjacent to an activating group) is 2. The van der Waals surface area contributed by atoms with Gasteiger partial charge in [0.15, 0.2) is 0 Å². The Bertz CT molecular complexity index is 969. The highest BCUT2D eigenvalue weighted by Crippen LogP contribution is 2.28. The van der Waals surface area contributed by atoms with E-state index < -0.39 is 10.0 Å². The second-order valence-electron chi connectivity index (χ2n) is 7.98. The molecule has 1 N–H and O–H groups in total. The van der Waals surface area contributed by atoms with Crippen LogP contribution in [0.3, 0.4) is 0 Å². The number of rotatable bonds is 5. The number of hydrogen-bond donors (Lipinski definition) is 1. The third-order valence-corrected chi connectivity index (χ3v) is 7.84. The monoisotopic (exact) mass is 434 g/mol. The van der Waals surface area contributed by atoms with Gasteiger partial charge in [0.2, 0.25) is 10.0 Å². The molecular formula is C20H30N6O3S. The van der Waals surface area contributed by atoms with E-state index in [4.69, 9.17) is 9.73 Å². The first-order valence-corrected chi connectivity index (χ1v) is 11.8. The predicted molar refractivity (Wildman–Crippen MR) is 117 cm³/mol. The average molecular weight is 435 g/mol. The van der Waals surface area contributed by atoms with Crippen LogP contribution in [0.4, 0.5) is 0 Å². The maximum Gasteiger partial charge on any atom is 0.243 e. The highest BCUT2D eigenvalue weighted by atomic mass is 32.2. The quantitative estimate of drug-likeness (QED) is 0.723. The van der Waals surface area contributed by atoms with Crippen LogP contribution >= 0.6 is 0 Å². The Kier molecular flexibility index (Phi) is 5.73. The van der Waals surface area contributed by atoms with Gasteiger partial charge in [-0.15, -0.1) is 0 Å². The van der Waals surface area contributed by atoms with Gasteiger partial charge in [-0.2, -0.15) is 9.41 Å². The summed E-state index contributed by atoms with van der Waals surface area (Å²) in [6.07, 6.45) is 0. The number of hydrogen-bond acceptors (Lipinski definition) is 8. The zero-order valence-electron chi connectivity index (χ0n) is 18.0.